The number of imidazole rings is 1. The lowest BCUT2D eigenvalue weighted by Gasteiger charge is -2.09. The summed E-state index contributed by atoms with van der Waals surface area (Å²) in [5.41, 5.74) is 12.7. The summed E-state index contributed by atoms with van der Waals surface area (Å²) in [5, 5.41) is 9.95. The topological polar surface area (TPSA) is 92.0 Å². The van der Waals surface area contributed by atoms with Crippen LogP contribution in [0.1, 0.15) is 5.56 Å². The van der Waals surface area contributed by atoms with Crippen molar-refractivity contribution >= 4 is 17.7 Å². The highest BCUT2D eigenvalue weighted by molar-refractivity contribution is 7.99. The highest BCUT2D eigenvalue weighted by Gasteiger charge is 2.16. The largest absolute Gasteiger partial charge is 0.480 e. The van der Waals surface area contributed by atoms with Crippen LogP contribution in [0.4, 0.5) is 0 Å². The molecule has 4 N–H and O–H groups in total. The summed E-state index contributed by atoms with van der Waals surface area (Å²) in [5.74, 6) is -0.998. The molecule has 178 valence electrons. The number of aliphatic carboxylic acids is 1. The van der Waals surface area contributed by atoms with E-state index in [0.717, 1.165) is 49.3 Å². The van der Waals surface area contributed by atoms with Crippen LogP contribution in [0.15, 0.2) is 119 Å². The van der Waals surface area contributed by atoms with Gasteiger partial charge in [0.25, 0.3) is 0 Å². The number of benzene rings is 4. The van der Waals surface area contributed by atoms with E-state index in [1.165, 1.54) is 0 Å². The minimum atomic E-state index is -0.998. The number of H-pyrrole nitrogens is 1. The van der Waals surface area contributed by atoms with E-state index in [1.54, 1.807) is 11.8 Å². The van der Waals surface area contributed by atoms with Gasteiger partial charge in [0, 0.05) is 16.0 Å². The summed E-state index contributed by atoms with van der Waals surface area (Å²) in [7, 11) is 0. The van der Waals surface area contributed by atoms with Crippen LogP contribution in [0, 0.1) is 0 Å². The van der Waals surface area contributed by atoms with E-state index in [-0.39, 0.29) is 6.42 Å². The number of nitrogens with two attached hydrogens (primary N) is 1. The zero-order chi connectivity index (χ0) is 24.9. The van der Waals surface area contributed by atoms with E-state index in [1.807, 2.05) is 72.8 Å². The van der Waals surface area contributed by atoms with E-state index in [2.05, 4.69) is 41.4 Å². The average molecular weight is 492 g/mol. The second kappa shape index (κ2) is 10.6. The molecule has 0 aliphatic heterocycles. The highest BCUT2D eigenvalue weighted by atomic mass is 32.2. The van der Waals surface area contributed by atoms with Crippen LogP contribution >= 0.6 is 11.8 Å². The Bertz CT molecular complexity index is 1430. The van der Waals surface area contributed by atoms with Crippen LogP contribution in [-0.4, -0.2) is 27.1 Å². The molecule has 6 heteroatoms. The van der Waals surface area contributed by atoms with Gasteiger partial charge in [0.05, 0.1) is 11.4 Å². The SMILES string of the molecule is NC(Cc1cccc(-c2cccc(Sc3nc(-c4ccccc4)c(-c4ccccc4)[nH]3)c2)c1)C(=O)O. The first-order valence-electron chi connectivity index (χ1n) is 11.6. The van der Waals surface area contributed by atoms with E-state index in [0.29, 0.717) is 0 Å². The standard InChI is InChI=1S/C30H25N3O2S/c31-26(29(34)35)18-20-9-7-14-23(17-20)24-15-8-16-25(19-24)36-30-32-27(21-10-3-1-4-11-21)28(33-30)22-12-5-2-6-13-22/h1-17,19,26H,18,31H2,(H,32,33)(H,34,35). The number of aromatic amines is 1. The van der Waals surface area contributed by atoms with Gasteiger partial charge in [-0.15, -0.1) is 0 Å². The molecule has 1 aromatic heterocycles. The molecular weight excluding hydrogens is 466 g/mol. The second-order valence-corrected chi connectivity index (χ2v) is 9.54. The van der Waals surface area contributed by atoms with Crippen LogP contribution in [0.5, 0.6) is 0 Å². The lowest BCUT2D eigenvalue weighted by molar-refractivity contribution is -0.138. The van der Waals surface area contributed by atoms with Gasteiger partial charge >= 0.3 is 5.97 Å². The molecule has 5 aromatic rings. The van der Waals surface area contributed by atoms with Crippen LogP contribution < -0.4 is 5.73 Å². The van der Waals surface area contributed by atoms with Crippen molar-refractivity contribution in [1.82, 2.24) is 9.97 Å². The summed E-state index contributed by atoms with van der Waals surface area (Å²) in [6.45, 7) is 0. The first-order chi connectivity index (χ1) is 17.6. The van der Waals surface area contributed by atoms with Gasteiger partial charge in [-0.05, 0) is 35.2 Å². The molecule has 1 atom stereocenters. The molecule has 0 aliphatic rings. The van der Waals surface area contributed by atoms with Crippen LogP contribution in [0.25, 0.3) is 33.6 Å². The normalized spacial score (nSPS) is 11.8. The molecule has 0 fully saturated rings. The molecule has 0 saturated carbocycles. The molecule has 36 heavy (non-hydrogen) atoms. The number of nitrogens with one attached hydrogen (secondary N) is 1. The first kappa shape index (κ1) is 23.6. The third-order valence-corrected chi connectivity index (χ3v) is 6.75. The maximum atomic E-state index is 11.1. The molecule has 0 aliphatic carbocycles. The number of nitrogens with zero attached hydrogens (tertiary/aromatic N) is 1. The third-order valence-electron chi connectivity index (χ3n) is 5.87. The summed E-state index contributed by atoms with van der Waals surface area (Å²) in [4.78, 5) is 20.7. The monoisotopic (exact) mass is 491 g/mol. The van der Waals surface area contributed by atoms with Crippen molar-refractivity contribution < 1.29 is 9.90 Å². The van der Waals surface area contributed by atoms with E-state index in [9.17, 15) is 4.79 Å². The second-order valence-electron chi connectivity index (χ2n) is 8.48. The first-order valence-corrected chi connectivity index (χ1v) is 12.4. The number of carboxylic acid groups (broad SMARTS) is 1. The molecule has 0 bridgehead atoms. The van der Waals surface area contributed by atoms with Gasteiger partial charge in [-0.2, -0.15) is 0 Å². The number of hydrogen-bond acceptors (Lipinski definition) is 4. The molecule has 0 saturated heterocycles. The molecule has 0 amide bonds. The smallest absolute Gasteiger partial charge is 0.320 e. The van der Waals surface area contributed by atoms with Crippen molar-refractivity contribution in [3.8, 4) is 33.6 Å². The number of carbonyl (C=O) groups is 1. The van der Waals surface area contributed by atoms with Gasteiger partial charge in [-0.3, -0.25) is 4.79 Å². The number of hydrogen-bond donors (Lipinski definition) is 3. The summed E-state index contributed by atoms with van der Waals surface area (Å²) >= 11 is 1.58. The molecule has 5 nitrogen and oxygen atoms in total. The molecular formula is C30H25N3O2S. The van der Waals surface area contributed by atoms with Crippen LogP contribution in [-0.2, 0) is 11.2 Å². The Kier molecular flexibility index (Phi) is 6.98. The fraction of sp³-hybridized carbons (Fsp3) is 0.0667. The Morgan fingerprint density at radius 3 is 2.11 bits per heavy atom. The summed E-state index contributed by atoms with van der Waals surface area (Å²) in [6.07, 6.45) is 0.286. The van der Waals surface area contributed by atoms with Gasteiger partial charge in [-0.1, -0.05) is 109 Å². The molecule has 0 spiro atoms. The van der Waals surface area contributed by atoms with Crippen molar-refractivity contribution in [3.05, 3.63) is 115 Å². The van der Waals surface area contributed by atoms with Gasteiger partial charge in [-0.25, -0.2) is 4.98 Å². The lowest BCUT2D eigenvalue weighted by Crippen LogP contribution is -2.32. The molecule has 1 unspecified atom stereocenters. The van der Waals surface area contributed by atoms with Gasteiger partial charge in [0.2, 0.25) is 0 Å². The number of carboxylic acids is 1. The van der Waals surface area contributed by atoms with E-state index >= 15 is 0 Å². The Labute approximate surface area is 214 Å². The lowest BCUT2D eigenvalue weighted by atomic mass is 10.00. The van der Waals surface area contributed by atoms with Crippen molar-refractivity contribution in [3.63, 3.8) is 0 Å². The van der Waals surface area contributed by atoms with Gasteiger partial charge in [0.15, 0.2) is 5.16 Å². The molecule has 0 radical (unpaired) electrons. The fourth-order valence-corrected chi connectivity index (χ4v) is 4.93. The highest BCUT2D eigenvalue weighted by Crippen LogP contribution is 2.36. The number of rotatable bonds is 8. The molecule has 4 aromatic carbocycles. The Hall–Kier alpha value is -4.13. The maximum Gasteiger partial charge on any atom is 0.320 e. The fourth-order valence-electron chi connectivity index (χ4n) is 4.09. The Balaban J connectivity index is 1.44. The van der Waals surface area contributed by atoms with Crippen molar-refractivity contribution in [2.24, 2.45) is 5.73 Å². The van der Waals surface area contributed by atoms with Gasteiger partial charge in [0.1, 0.15) is 6.04 Å². The summed E-state index contributed by atoms with van der Waals surface area (Å²) in [6, 6.07) is 35.6. The van der Waals surface area contributed by atoms with Crippen molar-refractivity contribution in [1.29, 1.82) is 0 Å². The van der Waals surface area contributed by atoms with Crippen LogP contribution in [0.2, 0.25) is 0 Å². The zero-order valence-electron chi connectivity index (χ0n) is 19.5. The third kappa shape index (κ3) is 5.40. The molecule has 5 rings (SSSR count). The molecule has 1 heterocycles. The van der Waals surface area contributed by atoms with E-state index < -0.39 is 12.0 Å². The Morgan fingerprint density at radius 1 is 0.806 bits per heavy atom. The number of aromatic nitrogens is 2. The van der Waals surface area contributed by atoms with Crippen molar-refractivity contribution in [2.45, 2.75) is 22.5 Å². The quantitative estimate of drug-likeness (QED) is 0.230. The zero-order valence-corrected chi connectivity index (χ0v) is 20.3. The van der Waals surface area contributed by atoms with Gasteiger partial charge < -0.3 is 15.8 Å². The summed E-state index contributed by atoms with van der Waals surface area (Å²) < 4.78 is 0. The maximum absolute atomic E-state index is 11.1. The average Bonchev–Trinajstić information content (AvgIpc) is 3.34. The minimum absolute atomic E-state index is 0.286. The predicted molar refractivity (Wildman–Crippen MR) is 145 cm³/mol. The van der Waals surface area contributed by atoms with Crippen molar-refractivity contribution in [2.75, 3.05) is 0 Å². The Morgan fingerprint density at radius 2 is 1.42 bits per heavy atom. The van der Waals surface area contributed by atoms with E-state index in [4.69, 9.17) is 15.8 Å². The minimum Gasteiger partial charge on any atom is -0.480 e. The van der Waals surface area contributed by atoms with Crippen LogP contribution in [0.3, 0.4) is 0 Å². The predicted octanol–water partition coefficient (Wildman–Crippen LogP) is 6.52.